The molecule has 1 aliphatic heterocycles. The fourth-order valence-corrected chi connectivity index (χ4v) is 6.80. The van der Waals surface area contributed by atoms with Crippen LogP contribution < -0.4 is 16.0 Å². The molecule has 2 unspecified atom stereocenters. The number of piperidine rings is 1. The molecule has 3 N–H and O–H groups in total. The van der Waals surface area contributed by atoms with Gasteiger partial charge in [0.25, 0.3) is 5.56 Å². The maximum atomic E-state index is 14.2. The summed E-state index contributed by atoms with van der Waals surface area (Å²) in [5.41, 5.74) is 7.83. The number of aryl methyl sites for hydroxylation is 2. The molecule has 2 fully saturated rings. The molecule has 3 aromatic heterocycles. The number of imidazole rings is 1. The number of aromatic carboxylic acids is 1. The van der Waals surface area contributed by atoms with Gasteiger partial charge in [-0.2, -0.15) is 5.10 Å². The number of aromatic nitrogens is 5. The Bertz CT molecular complexity index is 1710. The van der Waals surface area contributed by atoms with Crippen LogP contribution in [0, 0.1) is 11.7 Å². The number of halogens is 2. The second-order valence-electron chi connectivity index (χ2n) is 10.8. The number of carboxylic acid groups (broad SMARTS) is 1. The van der Waals surface area contributed by atoms with Gasteiger partial charge in [0.1, 0.15) is 12.4 Å². The molecule has 4 heterocycles. The Balaban J connectivity index is 1.23. The van der Waals surface area contributed by atoms with Crippen LogP contribution in [0.3, 0.4) is 0 Å². The maximum absolute atomic E-state index is 14.2. The van der Waals surface area contributed by atoms with Crippen LogP contribution in [0.1, 0.15) is 29.6 Å². The van der Waals surface area contributed by atoms with Gasteiger partial charge in [0.15, 0.2) is 0 Å². The molecule has 1 aliphatic carbocycles. The lowest BCUT2D eigenvalue weighted by molar-refractivity contribution is 0.0696. The fourth-order valence-electron chi connectivity index (χ4n) is 6.47. The topological polar surface area (TPSA) is 133 Å². The number of fused-ring (bicyclic) bond motifs is 3. The molecule has 2 bridgehead atoms. The molecule has 4 aromatic rings. The molecule has 2 atom stereocenters. The van der Waals surface area contributed by atoms with Gasteiger partial charge in [-0.05, 0) is 53.2 Å². The van der Waals surface area contributed by atoms with E-state index in [-0.39, 0.29) is 28.0 Å². The van der Waals surface area contributed by atoms with Gasteiger partial charge in [-0.1, -0.05) is 0 Å². The van der Waals surface area contributed by atoms with Crippen LogP contribution in [-0.4, -0.2) is 66.1 Å². The summed E-state index contributed by atoms with van der Waals surface area (Å²) in [7, 11) is 3.23. The van der Waals surface area contributed by atoms with Crippen molar-refractivity contribution in [2.24, 2.45) is 20.0 Å². The predicted octanol–water partition coefficient (Wildman–Crippen LogP) is 3.21. The number of ether oxygens (including phenoxy) is 1. The van der Waals surface area contributed by atoms with Gasteiger partial charge in [-0.15, -0.1) is 0 Å². The van der Waals surface area contributed by atoms with Crippen molar-refractivity contribution in [2.45, 2.75) is 24.8 Å². The Morgan fingerprint density at radius 3 is 2.88 bits per heavy atom. The second-order valence-corrected chi connectivity index (χ2v) is 11.7. The number of hydrogen-bond donors (Lipinski definition) is 2. The fraction of sp³-hybridized carbons (Fsp3) is 0.407. The zero-order valence-corrected chi connectivity index (χ0v) is 23.7. The van der Waals surface area contributed by atoms with E-state index in [1.54, 1.807) is 17.8 Å². The molecule has 0 spiro atoms. The standard InChI is InChI=1S/C27H29BrFN7O4/c1-33-13-16(25(38)39)7-17(23(33)37)18-11-31-34(2)24(18)40-6-5-35-12-15-3-4-27(10-15,14-35)36-22-8-19(28)20(29)9-21(22)32-26(36)30/h7-9,11,13,15H,3-6,10,12,14H2,1-2H3,(H2,30,32)(H,38,39). The normalized spacial score (nSPS) is 20.9. The van der Waals surface area contributed by atoms with Crippen molar-refractivity contribution in [2.75, 3.05) is 32.0 Å². The first-order valence-corrected chi connectivity index (χ1v) is 13.8. The Morgan fingerprint density at radius 1 is 1.30 bits per heavy atom. The summed E-state index contributed by atoms with van der Waals surface area (Å²) in [5, 5.41) is 13.7. The third kappa shape index (κ3) is 4.37. The monoisotopic (exact) mass is 613 g/mol. The summed E-state index contributed by atoms with van der Waals surface area (Å²) in [4.78, 5) is 31.2. The van der Waals surface area contributed by atoms with Crippen molar-refractivity contribution < 1.29 is 19.0 Å². The lowest BCUT2D eigenvalue weighted by atomic mass is 9.90. The Morgan fingerprint density at radius 2 is 2.10 bits per heavy atom. The molecular weight excluding hydrogens is 585 g/mol. The van der Waals surface area contributed by atoms with Crippen molar-refractivity contribution >= 4 is 38.9 Å². The van der Waals surface area contributed by atoms with Crippen LogP contribution in [-0.2, 0) is 19.6 Å². The summed E-state index contributed by atoms with van der Waals surface area (Å²) in [6.45, 7) is 2.64. The van der Waals surface area contributed by atoms with Crippen LogP contribution in [0.4, 0.5) is 10.3 Å². The van der Waals surface area contributed by atoms with Crippen LogP contribution in [0.15, 0.2) is 39.9 Å². The molecule has 6 rings (SSSR count). The number of likely N-dealkylation sites (tertiary alicyclic amines) is 1. The molecule has 13 heteroatoms. The quantitative estimate of drug-likeness (QED) is 0.325. The summed E-state index contributed by atoms with van der Waals surface area (Å²) < 4.78 is 25.6. The van der Waals surface area contributed by atoms with E-state index < -0.39 is 5.97 Å². The molecule has 2 aliphatic rings. The van der Waals surface area contributed by atoms with E-state index in [1.165, 1.54) is 36.1 Å². The Labute approximate surface area is 237 Å². The average molecular weight is 614 g/mol. The number of rotatable bonds is 7. The van der Waals surface area contributed by atoms with Gasteiger partial charge in [0.05, 0.1) is 43.9 Å². The van der Waals surface area contributed by atoms with Crippen LogP contribution >= 0.6 is 15.9 Å². The number of pyridine rings is 1. The van der Waals surface area contributed by atoms with E-state index in [0.717, 1.165) is 37.9 Å². The number of carbonyl (C=O) groups is 1. The first kappa shape index (κ1) is 26.5. The number of nitrogens with zero attached hydrogens (tertiary/aromatic N) is 6. The first-order chi connectivity index (χ1) is 19.1. The molecule has 210 valence electrons. The molecule has 11 nitrogen and oxygen atoms in total. The van der Waals surface area contributed by atoms with E-state index in [1.807, 2.05) is 0 Å². The van der Waals surface area contributed by atoms with Gasteiger partial charge in [-0.25, -0.2) is 18.9 Å². The summed E-state index contributed by atoms with van der Waals surface area (Å²) in [6.07, 6.45) is 5.80. The Hall–Kier alpha value is -3.71. The summed E-state index contributed by atoms with van der Waals surface area (Å²) in [5.74, 6) is -0.227. The van der Waals surface area contributed by atoms with Crippen LogP contribution in [0.2, 0.25) is 0 Å². The van der Waals surface area contributed by atoms with E-state index >= 15 is 0 Å². The zero-order chi connectivity index (χ0) is 28.3. The number of hydrogen-bond acceptors (Lipinski definition) is 7. The molecule has 1 aromatic carbocycles. The highest BCUT2D eigenvalue weighted by molar-refractivity contribution is 9.10. The minimum Gasteiger partial charge on any atom is -0.478 e. The van der Waals surface area contributed by atoms with Crippen molar-refractivity contribution in [3.05, 3.63) is 56.8 Å². The molecule has 0 radical (unpaired) electrons. The lowest BCUT2D eigenvalue weighted by Crippen LogP contribution is -2.49. The van der Waals surface area contributed by atoms with Crippen LogP contribution in [0.25, 0.3) is 22.2 Å². The Kier molecular flexibility index (Phi) is 6.45. The second kappa shape index (κ2) is 9.73. The van der Waals surface area contributed by atoms with Crippen molar-refractivity contribution in [1.29, 1.82) is 0 Å². The van der Waals surface area contributed by atoms with Crippen molar-refractivity contribution in [3.63, 3.8) is 0 Å². The average Bonchev–Trinajstić information content (AvgIpc) is 3.53. The number of nitrogens with two attached hydrogens (primary N) is 1. The third-order valence-electron chi connectivity index (χ3n) is 8.17. The highest BCUT2D eigenvalue weighted by Gasteiger charge is 2.47. The van der Waals surface area contributed by atoms with Gasteiger partial charge in [0, 0.05) is 46.0 Å². The van der Waals surface area contributed by atoms with E-state index in [9.17, 15) is 19.1 Å². The summed E-state index contributed by atoms with van der Waals surface area (Å²) >= 11 is 3.31. The number of nitrogen functional groups attached to an aromatic ring is 1. The predicted molar refractivity (Wildman–Crippen MR) is 150 cm³/mol. The molecule has 1 saturated heterocycles. The maximum Gasteiger partial charge on any atom is 0.337 e. The number of anilines is 1. The van der Waals surface area contributed by atoms with E-state index in [0.29, 0.717) is 46.5 Å². The minimum absolute atomic E-state index is 0.00191. The highest BCUT2D eigenvalue weighted by atomic mass is 79.9. The third-order valence-corrected chi connectivity index (χ3v) is 8.78. The molecule has 40 heavy (non-hydrogen) atoms. The summed E-state index contributed by atoms with van der Waals surface area (Å²) in [6, 6.07) is 4.52. The molecule has 1 saturated carbocycles. The number of benzene rings is 1. The van der Waals surface area contributed by atoms with Gasteiger partial charge < -0.3 is 24.7 Å². The van der Waals surface area contributed by atoms with E-state index in [4.69, 9.17) is 10.5 Å². The van der Waals surface area contributed by atoms with Crippen LogP contribution in [0.5, 0.6) is 5.88 Å². The molecule has 0 amide bonds. The first-order valence-electron chi connectivity index (χ1n) is 13.0. The smallest absolute Gasteiger partial charge is 0.337 e. The van der Waals surface area contributed by atoms with Crippen molar-refractivity contribution in [1.82, 2.24) is 28.8 Å². The number of carboxylic acids is 1. The zero-order valence-electron chi connectivity index (χ0n) is 22.1. The van der Waals surface area contributed by atoms with Crippen molar-refractivity contribution in [3.8, 4) is 17.0 Å². The van der Waals surface area contributed by atoms with Gasteiger partial charge in [-0.3, -0.25) is 9.69 Å². The van der Waals surface area contributed by atoms with Gasteiger partial charge in [0.2, 0.25) is 11.8 Å². The van der Waals surface area contributed by atoms with E-state index in [2.05, 4.69) is 35.5 Å². The lowest BCUT2D eigenvalue weighted by Gasteiger charge is -2.42. The van der Waals surface area contributed by atoms with Gasteiger partial charge >= 0.3 is 5.97 Å². The largest absolute Gasteiger partial charge is 0.478 e. The molecular formula is C27H29BrFN7O4. The minimum atomic E-state index is -1.12. The highest BCUT2D eigenvalue weighted by Crippen LogP contribution is 2.47. The SMILES string of the molecule is Cn1ncc(-c2cc(C(=O)O)cn(C)c2=O)c1OCCN1CC2CCC(n3c(N)nc4cc(F)c(Br)cc43)(C2)C1.